The molecule has 0 fully saturated rings. The number of aromatic nitrogens is 2. The Morgan fingerprint density at radius 1 is 0.950 bits per heavy atom. The minimum Gasteiger partial charge on any atom is -0.425 e. The average Bonchev–Trinajstić information content (AvgIpc) is 2.68. The van der Waals surface area contributed by atoms with E-state index in [0.29, 0.717) is 30.7 Å². The molecule has 0 aliphatic rings. The first-order chi connectivity index (χ1) is 9.65. The highest BCUT2D eigenvalue weighted by molar-refractivity contribution is 5.97. The summed E-state index contributed by atoms with van der Waals surface area (Å²) in [5, 5.41) is 26.9. The topological polar surface area (TPSA) is 86.7 Å². The molecule has 4 N–H and O–H groups in total. The maximum absolute atomic E-state index is 10.3. The Kier molecular flexibility index (Phi) is 4.07. The molecule has 0 saturated heterocycles. The molecule has 2 rings (SSSR count). The lowest BCUT2D eigenvalue weighted by Crippen LogP contribution is -2.23. The molecule has 0 amide bonds. The SMILES string of the molecule is CCN=c1n(O)c2c(NCC)ccc(NCC)c2n1O. The van der Waals surface area contributed by atoms with Crippen LogP contribution in [0.3, 0.4) is 0 Å². The van der Waals surface area contributed by atoms with Crippen molar-refractivity contribution < 1.29 is 10.4 Å². The van der Waals surface area contributed by atoms with Crippen LogP contribution in [0.1, 0.15) is 20.8 Å². The molecule has 0 radical (unpaired) electrons. The third-order valence-corrected chi connectivity index (χ3v) is 2.99. The van der Waals surface area contributed by atoms with Crippen LogP contribution < -0.4 is 16.3 Å². The lowest BCUT2D eigenvalue weighted by molar-refractivity contribution is 0.132. The summed E-state index contributed by atoms with van der Waals surface area (Å²) in [6, 6.07) is 3.73. The van der Waals surface area contributed by atoms with Gasteiger partial charge in [-0.05, 0) is 32.9 Å². The maximum Gasteiger partial charge on any atom is 0.273 e. The molecule has 2 aromatic rings. The largest absolute Gasteiger partial charge is 0.425 e. The average molecular weight is 279 g/mol. The van der Waals surface area contributed by atoms with Crippen LogP contribution in [0, 0.1) is 0 Å². The van der Waals surface area contributed by atoms with Crippen molar-refractivity contribution in [3.8, 4) is 0 Å². The molecule has 110 valence electrons. The van der Waals surface area contributed by atoms with Gasteiger partial charge in [-0.2, -0.15) is 0 Å². The van der Waals surface area contributed by atoms with E-state index < -0.39 is 0 Å². The molecule has 0 unspecified atom stereocenters. The fraction of sp³-hybridized carbons (Fsp3) is 0.462. The summed E-state index contributed by atoms with van der Waals surface area (Å²) in [6.45, 7) is 7.68. The Hall–Kier alpha value is -2.31. The summed E-state index contributed by atoms with van der Waals surface area (Å²) in [5.41, 5.74) is 2.59. The number of anilines is 2. The number of benzene rings is 1. The first kappa shape index (κ1) is 14.1. The number of fused-ring (bicyclic) bond motifs is 1. The van der Waals surface area contributed by atoms with Gasteiger partial charge in [0.1, 0.15) is 11.0 Å². The molecule has 0 atom stereocenters. The third-order valence-electron chi connectivity index (χ3n) is 2.99. The Morgan fingerprint density at radius 3 is 1.75 bits per heavy atom. The second-order valence-corrected chi connectivity index (χ2v) is 4.32. The van der Waals surface area contributed by atoms with E-state index in [2.05, 4.69) is 15.6 Å². The fourth-order valence-electron chi connectivity index (χ4n) is 2.24. The lowest BCUT2D eigenvalue weighted by Gasteiger charge is -2.10. The number of hydrogen-bond acceptors (Lipinski definition) is 5. The van der Waals surface area contributed by atoms with Crippen LogP contribution in [-0.2, 0) is 0 Å². The lowest BCUT2D eigenvalue weighted by atomic mass is 10.2. The van der Waals surface area contributed by atoms with E-state index in [1.807, 2.05) is 32.9 Å². The highest BCUT2D eigenvalue weighted by Crippen LogP contribution is 2.28. The van der Waals surface area contributed by atoms with Gasteiger partial charge in [-0.3, -0.25) is 0 Å². The van der Waals surface area contributed by atoms with Crippen LogP contribution >= 0.6 is 0 Å². The van der Waals surface area contributed by atoms with Crippen molar-refractivity contribution in [1.29, 1.82) is 0 Å². The summed E-state index contributed by atoms with van der Waals surface area (Å²) in [6.07, 6.45) is 0. The highest BCUT2D eigenvalue weighted by atomic mass is 16.5. The number of nitrogens with zero attached hydrogens (tertiary/aromatic N) is 3. The van der Waals surface area contributed by atoms with Gasteiger partial charge in [0.15, 0.2) is 0 Å². The van der Waals surface area contributed by atoms with Crippen molar-refractivity contribution in [2.45, 2.75) is 20.8 Å². The first-order valence-electron chi connectivity index (χ1n) is 6.82. The minimum atomic E-state index is 0.104. The van der Waals surface area contributed by atoms with Crippen LogP contribution in [0.2, 0.25) is 0 Å². The van der Waals surface area contributed by atoms with E-state index in [4.69, 9.17) is 0 Å². The van der Waals surface area contributed by atoms with Crippen molar-refractivity contribution in [2.24, 2.45) is 4.99 Å². The zero-order chi connectivity index (χ0) is 14.7. The van der Waals surface area contributed by atoms with E-state index in [0.717, 1.165) is 20.8 Å². The molecule has 7 nitrogen and oxygen atoms in total. The van der Waals surface area contributed by atoms with Gasteiger partial charge >= 0.3 is 0 Å². The summed E-state index contributed by atoms with van der Waals surface area (Å²) in [4.78, 5) is 4.12. The van der Waals surface area contributed by atoms with E-state index in [-0.39, 0.29) is 5.62 Å². The van der Waals surface area contributed by atoms with Gasteiger partial charge in [0.05, 0.1) is 11.4 Å². The molecule has 1 heterocycles. The van der Waals surface area contributed by atoms with E-state index in [1.54, 1.807) is 0 Å². The Bertz CT molecular complexity index is 619. The summed E-state index contributed by atoms with van der Waals surface area (Å²) in [7, 11) is 0. The summed E-state index contributed by atoms with van der Waals surface area (Å²) >= 11 is 0. The van der Waals surface area contributed by atoms with Crippen molar-refractivity contribution >= 4 is 22.4 Å². The number of rotatable bonds is 5. The predicted molar refractivity (Wildman–Crippen MR) is 78.7 cm³/mol. The Balaban J connectivity index is 2.86. The first-order valence-corrected chi connectivity index (χ1v) is 6.82. The van der Waals surface area contributed by atoms with E-state index in [9.17, 15) is 10.4 Å². The van der Waals surface area contributed by atoms with Crippen LogP contribution in [0.5, 0.6) is 0 Å². The zero-order valence-corrected chi connectivity index (χ0v) is 12.0. The highest BCUT2D eigenvalue weighted by Gasteiger charge is 2.17. The van der Waals surface area contributed by atoms with E-state index >= 15 is 0 Å². The van der Waals surface area contributed by atoms with Gasteiger partial charge in [-0.15, -0.1) is 9.46 Å². The molecular formula is C13H21N5O2. The quantitative estimate of drug-likeness (QED) is 0.627. The van der Waals surface area contributed by atoms with Crippen LogP contribution in [-0.4, -0.2) is 39.5 Å². The Morgan fingerprint density at radius 2 is 1.40 bits per heavy atom. The van der Waals surface area contributed by atoms with Crippen molar-refractivity contribution in [3.63, 3.8) is 0 Å². The molecule has 7 heteroatoms. The van der Waals surface area contributed by atoms with Gasteiger partial charge < -0.3 is 21.0 Å². The minimum absolute atomic E-state index is 0.104. The molecular weight excluding hydrogens is 258 g/mol. The smallest absolute Gasteiger partial charge is 0.273 e. The number of nitrogens with one attached hydrogen (secondary N) is 2. The van der Waals surface area contributed by atoms with Gasteiger partial charge in [-0.1, -0.05) is 0 Å². The molecule has 1 aromatic heterocycles. The second-order valence-electron chi connectivity index (χ2n) is 4.32. The molecule has 0 aliphatic carbocycles. The molecule has 0 saturated carbocycles. The fourth-order valence-corrected chi connectivity index (χ4v) is 2.24. The molecule has 20 heavy (non-hydrogen) atoms. The Labute approximate surface area is 117 Å². The molecule has 0 bridgehead atoms. The van der Waals surface area contributed by atoms with Crippen LogP contribution in [0.4, 0.5) is 11.4 Å². The predicted octanol–water partition coefficient (Wildman–Crippen LogP) is 1.70. The van der Waals surface area contributed by atoms with Crippen molar-refractivity contribution in [2.75, 3.05) is 30.3 Å². The van der Waals surface area contributed by atoms with Crippen molar-refractivity contribution in [1.82, 2.24) is 9.46 Å². The van der Waals surface area contributed by atoms with Gasteiger partial charge in [0, 0.05) is 19.6 Å². The summed E-state index contributed by atoms with van der Waals surface area (Å²) < 4.78 is 1.83. The van der Waals surface area contributed by atoms with Gasteiger partial charge in [0.2, 0.25) is 0 Å². The van der Waals surface area contributed by atoms with Gasteiger partial charge in [-0.25, -0.2) is 4.99 Å². The van der Waals surface area contributed by atoms with Gasteiger partial charge in [0.25, 0.3) is 5.62 Å². The number of hydrogen-bond donors (Lipinski definition) is 4. The zero-order valence-electron chi connectivity index (χ0n) is 12.0. The molecule has 1 aromatic carbocycles. The van der Waals surface area contributed by atoms with Crippen molar-refractivity contribution in [3.05, 3.63) is 17.8 Å². The molecule has 0 spiro atoms. The van der Waals surface area contributed by atoms with Crippen LogP contribution in [0.25, 0.3) is 11.0 Å². The normalized spacial score (nSPS) is 10.8. The monoisotopic (exact) mass is 279 g/mol. The van der Waals surface area contributed by atoms with E-state index in [1.165, 1.54) is 0 Å². The van der Waals surface area contributed by atoms with Crippen LogP contribution in [0.15, 0.2) is 17.1 Å². The summed E-state index contributed by atoms with van der Waals surface area (Å²) in [5.74, 6) is 0. The standard InChI is InChI=1S/C13H21N5O2/c1-4-14-9-7-8-10(15-5-2)12-11(9)17(19)13(16-6-3)18(12)20/h7-8,14-15,19-20H,4-6H2,1-3H3. The number of imidazole rings is 1. The maximum atomic E-state index is 10.3. The third kappa shape index (κ3) is 2.15. The molecule has 0 aliphatic heterocycles. The second kappa shape index (κ2) is 5.77.